The molecule has 2 fully saturated rings. The topological polar surface area (TPSA) is 256 Å². The van der Waals surface area contributed by atoms with Gasteiger partial charge in [0.25, 0.3) is 0 Å². The van der Waals surface area contributed by atoms with Crippen LogP contribution in [0.1, 0.15) is 69.9 Å². The van der Waals surface area contributed by atoms with Gasteiger partial charge < -0.3 is 65.4 Å². The van der Waals surface area contributed by atoms with Crippen molar-refractivity contribution in [1.29, 1.82) is 15.8 Å². The first-order valence-electron chi connectivity index (χ1n) is 28.4. The van der Waals surface area contributed by atoms with E-state index in [0.29, 0.717) is 152 Å². The maximum atomic E-state index is 13.6. The number of fused-ring (bicyclic) bond motifs is 2. The lowest BCUT2D eigenvalue weighted by atomic mass is 9.91. The van der Waals surface area contributed by atoms with Gasteiger partial charge >= 0.3 is 0 Å². The first-order chi connectivity index (χ1) is 40.7. The van der Waals surface area contributed by atoms with Crippen LogP contribution in [-0.2, 0) is 14.3 Å². The Balaban J connectivity index is 0.828. The number of amides is 2. The van der Waals surface area contributed by atoms with Crippen LogP contribution in [0.15, 0.2) is 73.1 Å². The van der Waals surface area contributed by atoms with Crippen LogP contribution < -0.4 is 50.8 Å². The van der Waals surface area contributed by atoms with Gasteiger partial charge in [-0.1, -0.05) is 23.2 Å². The van der Waals surface area contributed by atoms with Gasteiger partial charge in [-0.15, -0.1) is 0 Å². The fourth-order valence-corrected chi connectivity index (χ4v) is 11.0. The molecule has 0 spiro atoms. The first kappa shape index (κ1) is 62.3. The molecule has 0 radical (unpaired) electrons. The van der Waals surface area contributed by atoms with Crippen molar-refractivity contribution in [3.63, 3.8) is 0 Å². The zero-order chi connectivity index (χ0) is 59.7. The number of nitrogens with zero attached hydrogens (tertiary/aromatic N) is 7. The van der Waals surface area contributed by atoms with Crippen molar-refractivity contribution in [2.45, 2.75) is 77.0 Å². The number of ether oxygens (including phenoxy) is 5. The second-order valence-corrected chi connectivity index (χ2v) is 22.1. The molecule has 20 nitrogen and oxygen atoms in total. The van der Waals surface area contributed by atoms with E-state index in [2.05, 4.69) is 72.0 Å². The number of carbonyl (C=O) groups excluding carboxylic acids is 2. The minimum Gasteiger partial charge on any atom is -0.492 e. The molecule has 442 valence electrons. The summed E-state index contributed by atoms with van der Waals surface area (Å²) in [4.78, 5) is 39.9. The molecular weight excluding hydrogens is 1110 g/mol. The summed E-state index contributed by atoms with van der Waals surface area (Å²) in [6.07, 6.45) is 7.33. The van der Waals surface area contributed by atoms with Crippen molar-refractivity contribution in [2.24, 2.45) is 11.8 Å². The number of benzene rings is 4. The Kier molecular flexibility index (Phi) is 22.4. The molecule has 0 saturated carbocycles. The van der Waals surface area contributed by atoms with E-state index in [-0.39, 0.29) is 48.3 Å². The summed E-state index contributed by atoms with van der Waals surface area (Å²) in [6, 6.07) is 24.3. The van der Waals surface area contributed by atoms with E-state index >= 15 is 0 Å². The van der Waals surface area contributed by atoms with Crippen LogP contribution in [0.2, 0.25) is 10.0 Å². The summed E-state index contributed by atoms with van der Waals surface area (Å²) in [6.45, 7) is 8.91. The first-order valence-corrected chi connectivity index (χ1v) is 29.2. The van der Waals surface area contributed by atoms with E-state index in [9.17, 15) is 25.4 Å². The number of halogens is 2. The Bertz CT molecular complexity index is 3420. The SMILES string of the molecule is CCOc1cc2ncc(C#N)c(Nc3ccc(OCC4NCC(CN(C)CCCC(=O)Nc5cc6c(Nc7ccc(OCC8NCCCC8C#N)c(Cl)c7)c(C#N)cnc6cc5OCC)CC4OC)c(Cl)c3)c2cc1NC(=O)CCCN(C)C. The predicted molar refractivity (Wildman–Crippen MR) is 328 cm³/mol. The lowest BCUT2D eigenvalue weighted by Gasteiger charge is -2.37. The van der Waals surface area contributed by atoms with Crippen LogP contribution >= 0.6 is 23.2 Å². The average Bonchev–Trinajstić information content (AvgIpc) is 3.23. The van der Waals surface area contributed by atoms with Gasteiger partial charge in [-0.05, 0) is 148 Å². The molecule has 0 aliphatic carbocycles. The molecule has 2 amide bonds. The van der Waals surface area contributed by atoms with E-state index in [1.807, 2.05) is 38.9 Å². The molecule has 22 heteroatoms. The number of carbonyl (C=O) groups is 2. The smallest absolute Gasteiger partial charge is 0.224 e. The molecule has 5 atom stereocenters. The van der Waals surface area contributed by atoms with Gasteiger partial charge in [0, 0.05) is 73.2 Å². The van der Waals surface area contributed by atoms with Gasteiger partial charge in [0.15, 0.2) is 0 Å². The van der Waals surface area contributed by atoms with Gasteiger partial charge in [-0.2, -0.15) is 15.8 Å². The minimum atomic E-state index is -0.183. The number of rotatable bonds is 27. The molecule has 8 rings (SSSR count). The van der Waals surface area contributed by atoms with Crippen LogP contribution in [0.4, 0.5) is 34.1 Å². The molecule has 84 heavy (non-hydrogen) atoms. The normalized spacial score (nSPS) is 17.7. The molecule has 2 aromatic heterocycles. The van der Waals surface area contributed by atoms with Crippen LogP contribution in [0.5, 0.6) is 23.0 Å². The molecule has 6 aromatic rings. The van der Waals surface area contributed by atoms with E-state index in [1.165, 1.54) is 12.4 Å². The number of nitriles is 3. The number of nitrogens with one attached hydrogen (secondary N) is 6. The van der Waals surface area contributed by atoms with Gasteiger partial charge in [0.2, 0.25) is 11.8 Å². The van der Waals surface area contributed by atoms with Crippen molar-refractivity contribution in [3.05, 3.63) is 94.2 Å². The fourth-order valence-electron chi connectivity index (χ4n) is 10.6. The largest absolute Gasteiger partial charge is 0.492 e. The van der Waals surface area contributed by atoms with E-state index < -0.39 is 0 Å². The van der Waals surface area contributed by atoms with Gasteiger partial charge in [0.1, 0.15) is 48.4 Å². The molecule has 5 unspecified atom stereocenters. The highest BCUT2D eigenvalue weighted by molar-refractivity contribution is 6.32. The summed E-state index contributed by atoms with van der Waals surface area (Å²) < 4.78 is 30.2. The van der Waals surface area contributed by atoms with Crippen molar-refractivity contribution >= 4 is 90.9 Å². The zero-order valence-corrected chi connectivity index (χ0v) is 49.9. The third-order valence-corrected chi connectivity index (χ3v) is 15.4. The molecular formula is C62H73Cl2N13O7. The highest BCUT2D eigenvalue weighted by Crippen LogP contribution is 2.40. The van der Waals surface area contributed by atoms with E-state index in [1.54, 1.807) is 61.7 Å². The number of anilines is 6. The van der Waals surface area contributed by atoms with Crippen molar-refractivity contribution in [2.75, 3.05) is 109 Å². The van der Waals surface area contributed by atoms with E-state index in [4.69, 9.17) is 46.9 Å². The highest BCUT2D eigenvalue weighted by Gasteiger charge is 2.32. The van der Waals surface area contributed by atoms with Crippen LogP contribution in [0.3, 0.4) is 0 Å². The minimum absolute atomic E-state index is 0.0915. The Morgan fingerprint density at radius 2 is 1.24 bits per heavy atom. The summed E-state index contributed by atoms with van der Waals surface area (Å²) in [5, 5.41) is 51.6. The number of hydrogen-bond donors (Lipinski definition) is 6. The number of aromatic nitrogens is 2. The summed E-state index contributed by atoms with van der Waals surface area (Å²) in [5.41, 5.74) is 4.90. The quantitative estimate of drug-likeness (QED) is 0.0280. The maximum absolute atomic E-state index is 13.6. The maximum Gasteiger partial charge on any atom is 0.224 e. The van der Waals surface area contributed by atoms with Crippen molar-refractivity contribution in [3.8, 4) is 41.2 Å². The predicted octanol–water partition coefficient (Wildman–Crippen LogP) is 10.4. The summed E-state index contributed by atoms with van der Waals surface area (Å²) in [7, 11) is 7.69. The molecule has 4 aromatic carbocycles. The number of piperidine rings is 2. The number of methoxy groups -OCH3 is 1. The van der Waals surface area contributed by atoms with Crippen LogP contribution in [-0.4, -0.2) is 137 Å². The number of hydrogen-bond acceptors (Lipinski definition) is 18. The third-order valence-electron chi connectivity index (χ3n) is 14.8. The lowest BCUT2D eigenvalue weighted by Crippen LogP contribution is -2.54. The molecule has 4 heterocycles. The van der Waals surface area contributed by atoms with Gasteiger partial charge in [-0.3, -0.25) is 19.6 Å². The molecule has 2 saturated heterocycles. The second kappa shape index (κ2) is 30.2. The average molecular weight is 1180 g/mol. The second-order valence-electron chi connectivity index (χ2n) is 21.3. The third kappa shape index (κ3) is 16.3. The Morgan fingerprint density at radius 3 is 1.73 bits per heavy atom. The van der Waals surface area contributed by atoms with Crippen molar-refractivity contribution < 1.29 is 33.3 Å². The van der Waals surface area contributed by atoms with Crippen LogP contribution in [0, 0.1) is 45.8 Å². The van der Waals surface area contributed by atoms with Gasteiger partial charge in [-0.25, -0.2) is 0 Å². The fraction of sp³-hybridized carbons (Fsp3) is 0.435. The van der Waals surface area contributed by atoms with Crippen LogP contribution in [0.25, 0.3) is 21.8 Å². The molecule has 2 aliphatic heterocycles. The standard InChI is InChI=1S/C62H73Cl2N13O7/c1-7-81-57-27-48-44(25-50(57)74-59(78)13-10-20-76(3)4)61(40(30-66)33-70-48)73-43-16-18-55(47(64)24-43)84-37-53-56(80-6)22-38(32-69-53)35-77(5)21-11-14-60(79)75-51-26-45-49(28-58(51)82-8-2)71-34-41(31-67)62(45)72-42-15-17-54(46(63)23-42)83-36-52-39(29-65)12-9-19-68-52/h15-18,23-28,33-34,38-39,52-53,56,68-69H,7-14,19-22,32,35-37H2,1-6H3,(H,70,73)(H,71,72)(H,74,78)(H,75,79). The highest BCUT2D eigenvalue weighted by atomic mass is 35.5. The summed E-state index contributed by atoms with van der Waals surface area (Å²) in [5.74, 6) is 1.72. The zero-order valence-electron chi connectivity index (χ0n) is 48.4. The Labute approximate surface area is 501 Å². The summed E-state index contributed by atoms with van der Waals surface area (Å²) >= 11 is 13.6. The molecule has 2 aliphatic rings. The molecule has 6 N–H and O–H groups in total. The lowest BCUT2D eigenvalue weighted by molar-refractivity contribution is -0.117. The monoisotopic (exact) mass is 1180 g/mol. The molecule has 0 bridgehead atoms. The Hall–Kier alpha value is -7.71. The van der Waals surface area contributed by atoms with Gasteiger partial charge in [0.05, 0.1) is 98.3 Å². The van der Waals surface area contributed by atoms with Crippen molar-refractivity contribution in [1.82, 2.24) is 30.4 Å². The Morgan fingerprint density at radius 1 is 0.702 bits per heavy atom. The number of pyridine rings is 2. The van der Waals surface area contributed by atoms with E-state index in [0.717, 1.165) is 45.4 Å².